The molecule has 1 aromatic carbocycles. The van der Waals surface area contributed by atoms with E-state index in [0.29, 0.717) is 11.2 Å². The summed E-state index contributed by atoms with van der Waals surface area (Å²) in [6.45, 7) is 4.23. The second kappa shape index (κ2) is 9.84. The molecule has 0 radical (unpaired) electrons. The molecule has 1 heterocycles. The first kappa shape index (κ1) is 23.3. The molecule has 2 aliphatic rings. The van der Waals surface area contributed by atoms with Gasteiger partial charge in [-0.2, -0.15) is 0 Å². The fourth-order valence-electron chi connectivity index (χ4n) is 3.95. The molecule has 0 saturated carbocycles. The smallest absolute Gasteiger partial charge is 0.327 e. The fraction of sp³-hybridized carbons (Fsp3) is 0.333. The van der Waals surface area contributed by atoms with Crippen molar-refractivity contribution in [3.8, 4) is 0 Å². The van der Waals surface area contributed by atoms with Gasteiger partial charge in [0.1, 0.15) is 5.82 Å². The van der Waals surface area contributed by atoms with Gasteiger partial charge in [0.05, 0.1) is 26.2 Å². The van der Waals surface area contributed by atoms with Crippen molar-refractivity contribution in [3.63, 3.8) is 0 Å². The molecule has 3 N–H and O–H groups in total. The van der Waals surface area contributed by atoms with E-state index < -0.39 is 0 Å². The lowest BCUT2D eigenvalue weighted by molar-refractivity contribution is -0.923. The maximum Gasteiger partial charge on any atom is 0.327 e. The SMILES string of the molecule is C=CC(=O)NC1C=CC=CC1NC1C=C(N(C)C(=O)Nc2ccccc2)N(C)C[N+]1(C)C. The van der Waals surface area contributed by atoms with Gasteiger partial charge in [-0.3, -0.25) is 19.5 Å². The molecule has 1 aromatic rings. The van der Waals surface area contributed by atoms with Crippen molar-refractivity contribution >= 4 is 17.6 Å². The van der Waals surface area contributed by atoms with Gasteiger partial charge in [-0.05, 0) is 18.2 Å². The maximum absolute atomic E-state index is 12.9. The number of urea groups is 1. The van der Waals surface area contributed by atoms with E-state index in [9.17, 15) is 9.59 Å². The number of nitrogens with one attached hydrogen (secondary N) is 3. The number of rotatable bonds is 6. The number of carbonyl (C=O) groups excluding carboxylic acids is 2. The van der Waals surface area contributed by atoms with Gasteiger partial charge in [-0.15, -0.1) is 0 Å². The van der Waals surface area contributed by atoms with Gasteiger partial charge in [0.25, 0.3) is 0 Å². The number of quaternary nitrogens is 1. The van der Waals surface area contributed by atoms with Crippen LogP contribution >= 0.6 is 0 Å². The normalized spacial score (nSPS) is 23.8. The summed E-state index contributed by atoms with van der Waals surface area (Å²) >= 11 is 0. The van der Waals surface area contributed by atoms with E-state index in [2.05, 4.69) is 47.6 Å². The van der Waals surface area contributed by atoms with Gasteiger partial charge in [0, 0.05) is 25.9 Å². The monoisotopic (exact) mass is 437 g/mol. The van der Waals surface area contributed by atoms with Crippen LogP contribution in [0.15, 0.2) is 79.2 Å². The Kier molecular flexibility index (Phi) is 7.17. The summed E-state index contributed by atoms with van der Waals surface area (Å²) in [7, 11) is 8.00. The number of hydrogen-bond donors (Lipinski definition) is 3. The second-order valence-electron chi connectivity index (χ2n) is 8.64. The first-order valence-corrected chi connectivity index (χ1v) is 10.6. The zero-order valence-electron chi connectivity index (χ0n) is 19.2. The standard InChI is InChI=1S/C24H32N6O2/c1-6-22(31)27-20-15-11-10-14-19(20)26-21-16-23(28(2)17-30(21,4)5)29(3)24(32)25-18-12-8-7-9-13-18/h6-16,19-21,26H,1,17H2,2-5H3,(H-,25,27,31,32)/p+1. The van der Waals surface area contributed by atoms with Gasteiger partial charge in [-0.1, -0.05) is 49.1 Å². The van der Waals surface area contributed by atoms with Crippen molar-refractivity contribution in [2.24, 2.45) is 0 Å². The summed E-state index contributed by atoms with van der Waals surface area (Å²) in [5, 5.41) is 9.53. The highest BCUT2D eigenvalue weighted by molar-refractivity contribution is 5.90. The van der Waals surface area contributed by atoms with E-state index in [0.717, 1.165) is 11.5 Å². The minimum Gasteiger partial charge on any atom is -0.344 e. The van der Waals surface area contributed by atoms with Crippen molar-refractivity contribution in [1.29, 1.82) is 0 Å². The molecule has 3 unspecified atom stereocenters. The van der Waals surface area contributed by atoms with Crippen LogP contribution in [0.2, 0.25) is 0 Å². The highest BCUT2D eigenvalue weighted by Gasteiger charge is 2.38. The molecule has 1 aliphatic heterocycles. The molecule has 0 spiro atoms. The Bertz CT molecular complexity index is 937. The van der Waals surface area contributed by atoms with Gasteiger partial charge in [0.15, 0.2) is 12.8 Å². The lowest BCUT2D eigenvalue weighted by Crippen LogP contribution is -2.66. The number of anilines is 1. The summed E-state index contributed by atoms with van der Waals surface area (Å²) in [5.41, 5.74) is 0.745. The number of allylic oxidation sites excluding steroid dienone is 2. The van der Waals surface area contributed by atoms with E-state index in [1.165, 1.54) is 6.08 Å². The van der Waals surface area contributed by atoms with Crippen LogP contribution in [0.4, 0.5) is 10.5 Å². The average molecular weight is 438 g/mol. The largest absolute Gasteiger partial charge is 0.344 e. The Morgan fingerprint density at radius 1 is 1.16 bits per heavy atom. The Labute approximate surface area is 190 Å². The van der Waals surface area contributed by atoms with Gasteiger partial charge < -0.3 is 15.5 Å². The topological polar surface area (TPSA) is 76.7 Å². The summed E-state index contributed by atoms with van der Waals surface area (Å²) in [4.78, 5) is 28.4. The minimum absolute atomic E-state index is 0.0857. The van der Waals surface area contributed by atoms with Crippen LogP contribution in [0.1, 0.15) is 0 Å². The lowest BCUT2D eigenvalue weighted by Gasteiger charge is -2.47. The molecule has 32 heavy (non-hydrogen) atoms. The highest BCUT2D eigenvalue weighted by atomic mass is 16.2. The van der Waals surface area contributed by atoms with Crippen LogP contribution in [0.5, 0.6) is 0 Å². The molecule has 1 aliphatic carbocycles. The van der Waals surface area contributed by atoms with Gasteiger partial charge in [-0.25, -0.2) is 4.79 Å². The zero-order chi connectivity index (χ0) is 23.3. The Morgan fingerprint density at radius 3 is 2.47 bits per heavy atom. The molecule has 170 valence electrons. The average Bonchev–Trinajstić information content (AvgIpc) is 2.76. The zero-order valence-corrected chi connectivity index (χ0v) is 19.2. The van der Waals surface area contributed by atoms with E-state index in [4.69, 9.17) is 0 Å². The van der Waals surface area contributed by atoms with Crippen LogP contribution in [0.3, 0.4) is 0 Å². The van der Waals surface area contributed by atoms with Gasteiger partial charge >= 0.3 is 6.03 Å². The van der Waals surface area contributed by atoms with E-state index in [-0.39, 0.29) is 30.2 Å². The number of nitrogens with zero attached hydrogens (tertiary/aromatic N) is 3. The van der Waals surface area contributed by atoms with Crippen molar-refractivity contribution in [2.75, 3.05) is 40.2 Å². The third kappa shape index (κ3) is 5.46. The molecular weight excluding hydrogens is 404 g/mol. The quantitative estimate of drug-likeness (QED) is 0.470. The Hall–Kier alpha value is -3.36. The number of carbonyl (C=O) groups is 2. The minimum atomic E-state index is -0.215. The van der Waals surface area contributed by atoms with E-state index in [1.807, 2.05) is 61.7 Å². The number of hydrogen-bond acceptors (Lipinski definition) is 4. The molecule has 3 atom stereocenters. The summed E-state index contributed by atoms with van der Waals surface area (Å²) < 4.78 is 0.643. The van der Waals surface area contributed by atoms with E-state index >= 15 is 0 Å². The third-order valence-corrected chi connectivity index (χ3v) is 5.69. The van der Waals surface area contributed by atoms with Crippen molar-refractivity contribution < 1.29 is 14.1 Å². The lowest BCUT2D eigenvalue weighted by atomic mass is 10.0. The van der Waals surface area contributed by atoms with Crippen molar-refractivity contribution in [2.45, 2.75) is 18.2 Å². The maximum atomic E-state index is 12.9. The van der Waals surface area contributed by atoms with Crippen LogP contribution in [0.25, 0.3) is 0 Å². The second-order valence-corrected chi connectivity index (χ2v) is 8.64. The number of para-hydroxylation sites is 1. The predicted octanol–water partition coefficient (Wildman–Crippen LogP) is 2.05. The molecule has 0 saturated heterocycles. The molecule has 0 bridgehead atoms. The molecule has 8 heteroatoms. The molecular formula is C24H33N6O2+. The fourth-order valence-corrected chi connectivity index (χ4v) is 3.95. The molecule has 3 amide bonds. The first-order valence-electron chi connectivity index (χ1n) is 10.6. The molecule has 3 rings (SSSR count). The van der Waals surface area contributed by atoms with Crippen molar-refractivity contribution in [3.05, 3.63) is 79.2 Å². The van der Waals surface area contributed by atoms with E-state index in [1.54, 1.807) is 11.9 Å². The number of amides is 3. The molecule has 8 nitrogen and oxygen atoms in total. The predicted molar refractivity (Wildman–Crippen MR) is 127 cm³/mol. The van der Waals surface area contributed by atoms with Crippen LogP contribution in [-0.4, -0.2) is 79.3 Å². The molecule has 0 aromatic heterocycles. The van der Waals surface area contributed by atoms with Gasteiger partial charge in [0.2, 0.25) is 5.91 Å². The summed E-state index contributed by atoms with van der Waals surface area (Å²) in [5.74, 6) is 0.586. The summed E-state index contributed by atoms with van der Waals surface area (Å²) in [6, 6.07) is 8.89. The Morgan fingerprint density at radius 2 is 1.81 bits per heavy atom. The number of benzene rings is 1. The summed E-state index contributed by atoms with van der Waals surface area (Å²) in [6.07, 6.45) is 11.1. The van der Waals surface area contributed by atoms with Crippen LogP contribution in [-0.2, 0) is 4.79 Å². The van der Waals surface area contributed by atoms with Crippen LogP contribution < -0.4 is 16.0 Å². The van der Waals surface area contributed by atoms with Crippen molar-refractivity contribution in [1.82, 2.24) is 20.4 Å². The van der Waals surface area contributed by atoms with Crippen LogP contribution in [0, 0.1) is 0 Å². The Balaban J connectivity index is 1.79. The number of likely N-dealkylation sites (N-methyl/N-ethyl adjacent to an activating group) is 1. The first-order chi connectivity index (χ1) is 15.2. The molecule has 0 fully saturated rings. The third-order valence-electron chi connectivity index (χ3n) is 5.69. The highest BCUT2D eigenvalue weighted by Crippen LogP contribution is 2.23.